The van der Waals surface area contributed by atoms with Gasteiger partial charge in [0.1, 0.15) is 0 Å². The molecule has 1 fully saturated rings. The molecule has 0 amide bonds. The van der Waals surface area contributed by atoms with Crippen LogP contribution in [-0.4, -0.2) is 16.1 Å². The van der Waals surface area contributed by atoms with E-state index in [1.54, 1.807) is 0 Å². The van der Waals surface area contributed by atoms with Gasteiger partial charge in [0.2, 0.25) is 0 Å². The van der Waals surface area contributed by atoms with Crippen LogP contribution in [0.1, 0.15) is 51.3 Å². The average molecular weight is 221 g/mol. The van der Waals surface area contributed by atoms with Gasteiger partial charge in [-0.15, -0.1) is 0 Å². The minimum absolute atomic E-state index is 0.743. The van der Waals surface area contributed by atoms with E-state index in [0.717, 1.165) is 25.0 Å². The Balaban J connectivity index is 1.78. The predicted octanol–water partition coefficient (Wildman–Crippen LogP) is 2.74. The second kappa shape index (κ2) is 5.48. The normalized spacial score (nSPS) is 15.9. The van der Waals surface area contributed by atoms with Gasteiger partial charge in [0, 0.05) is 18.8 Å². The molecule has 1 aliphatic carbocycles. The SMILES string of the molecule is CCC(CC)CNCc1cncn1C1CC1. The van der Waals surface area contributed by atoms with Crippen molar-refractivity contribution < 1.29 is 0 Å². The lowest BCUT2D eigenvalue weighted by Gasteiger charge is -2.13. The van der Waals surface area contributed by atoms with Gasteiger partial charge < -0.3 is 9.88 Å². The van der Waals surface area contributed by atoms with Gasteiger partial charge in [-0.3, -0.25) is 0 Å². The molecule has 1 saturated carbocycles. The molecule has 0 spiro atoms. The van der Waals surface area contributed by atoms with Gasteiger partial charge >= 0.3 is 0 Å². The van der Waals surface area contributed by atoms with Crippen molar-refractivity contribution in [1.82, 2.24) is 14.9 Å². The van der Waals surface area contributed by atoms with Crippen LogP contribution < -0.4 is 5.32 Å². The minimum Gasteiger partial charge on any atom is -0.330 e. The van der Waals surface area contributed by atoms with Crippen LogP contribution in [0.2, 0.25) is 0 Å². The third-order valence-electron chi connectivity index (χ3n) is 3.58. The van der Waals surface area contributed by atoms with Crippen LogP contribution in [0.4, 0.5) is 0 Å². The number of hydrogen-bond acceptors (Lipinski definition) is 2. The third-order valence-corrected chi connectivity index (χ3v) is 3.58. The first-order chi connectivity index (χ1) is 7.85. The fourth-order valence-electron chi connectivity index (χ4n) is 2.13. The van der Waals surface area contributed by atoms with Gasteiger partial charge in [-0.2, -0.15) is 0 Å². The van der Waals surface area contributed by atoms with Crippen molar-refractivity contribution in [3.8, 4) is 0 Å². The van der Waals surface area contributed by atoms with Gasteiger partial charge in [-0.1, -0.05) is 26.7 Å². The lowest BCUT2D eigenvalue weighted by Crippen LogP contribution is -2.22. The van der Waals surface area contributed by atoms with Gasteiger partial charge in [0.15, 0.2) is 0 Å². The lowest BCUT2D eigenvalue weighted by molar-refractivity contribution is 0.444. The summed E-state index contributed by atoms with van der Waals surface area (Å²) in [5.41, 5.74) is 1.34. The van der Waals surface area contributed by atoms with Gasteiger partial charge in [-0.05, 0) is 25.3 Å². The summed E-state index contributed by atoms with van der Waals surface area (Å²) in [5.74, 6) is 0.817. The van der Waals surface area contributed by atoms with E-state index in [1.807, 2.05) is 12.5 Å². The van der Waals surface area contributed by atoms with Crippen molar-refractivity contribution in [3.63, 3.8) is 0 Å². The highest BCUT2D eigenvalue weighted by molar-refractivity contribution is 5.03. The Morgan fingerprint density at radius 1 is 1.44 bits per heavy atom. The highest BCUT2D eigenvalue weighted by Gasteiger charge is 2.24. The van der Waals surface area contributed by atoms with Crippen LogP contribution in [0.15, 0.2) is 12.5 Å². The Bertz CT molecular complexity index is 311. The number of nitrogens with one attached hydrogen (secondary N) is 1. The van der Waals surface area contributed by atoms with Crippen molar-refractivity contribution >= 4 is 0 Å². The first-order valence-corrected chi connectivity index (χ1v) is 6.56. The Kier molecular flexibility index (Phi) is 3.99. The van der Waals surface area contributed by atoms with Crippen LogP contribution in [-0.2, 0) is 6.54 Å². The van der Waals surface area contributed by atoms with Gasteiger partial charge in [-0.25, -0.2) is 4.98 Å². The fraction of sp³-hybridized carbons (Fsp3) is 0.769. The molecular weight excluding hydrogens is 198 g/mol. The number of rotatable bonds is 7. The number of hydrogen-bond donors (Lipinski definition) is 1. The molecule has 0 bridgehead atoms. The molecule has 1 heterocycles. The molecule has 0 radical (unpaired) electrons. The summed E-state index contributed by atoms with van der Waals surface area (Å²) in [5, 5.41) is 3.55. The topological polar surface area (TPSA) is 29.9 Å². The van der Waals surface area contributed by atoms with Crippen molar-refractivity contribution in [3.05, 3.63) is 18.2 Å². The maximum Gasteiger partial charge on any atom is 0.0951 e. The highest BCUT2D eigenvalue weighted by atomic mass is 15.1. The predicted molar refractivity (Wildman–Crippen MR) is 66.3 cm³/mol. The lowest BCUT2D eigenvalue weighted by atomic mass is 10.0. The Morgan fingerprint density at radius 3 is 2.81 bits per heavy atom. The molecule has 90 valence electrons. The summed E-state index contributed by atoms with van der Waals surface area (Å²) < 4.78 is 2.33. The van der Waals surface area contributed by atoms with E-state index in [2.05, 4.69) is 28.7 Å². The van der Waals surface area contributed by atoms with Crippen molar-refractivity contribution in [1.29, 1.82) is 0 Å². The smallest absolute Gasteiger partial charge is 0.0951 e. The number of aromatic nitrogens is 2. The molecule has 1 aromatic heterocycles. The molecule has 2 rings (SSSR count). The van der Waals surface area contributed by atoms with Crippen LogP contribution >= 0.6 is 0 Å². The quantitative estimate of drug-likeness (QED) is 0.767. The summed E-state index contributed by atoms with van der Waals surface area (Å²) in [7, 11) is 0. The molecule has 3 nitrogen and oxygen atoms in total. The molecule has 1 N–H and O–H groups in total. The van der Waals surface area contributed by atoms with Crippen LogP contribution in [0.3, 0.4) is 0 Å². The first kappa shape index (κ1) is 11.6. The zero-order chi connectivity index (χ0) is 11.4. The largest absolute Gasteiger partial charge is 0.330 e. The summed E-state index contributed by atoms with van der Waals surface area (Å²) in [6, 6.07) is 0.743. The summed E-state index contributed by atoms with van der Waals surface area (Å²) in [6.07, 6.45) is 9.17. The second-order valence-corrected chi connectivity index (χ2v) is 4.84. The fourth-order valence-corrected chi connectivity index (χ4v) is 2.13. The van der Waals surface area contributed by atoms with Crippen LogP contribution in [0.5, 0.6) is 0 Å². The minimum atomic E-state index is 0.743. The maximum absolute atomic E-state index is 4.24. The molecule has 16 heavy (non-hydrogen) atoms. The molecule has 0 atom stereocenters. The monoisotopic (exact) mass is 221 g/mol. The van der Waals surface area contributed by atoms with Crippen LogP contribution in [0, 0.1) is 5.92 Å². The van der Waals surface area contributed by atoms with Crippen molar-refractivity contribution in [2.75, 3.05) is 6.54 Å². The molecular formula is C13H23N3. The van der Waals surface area contributed by atoms with E-state index < -0.39 is 0 Å². The molecule has 0 unspecified atom stereocenters. The summed E-state index contributed by atoms with van der Waals surface area (Å²) in [6.45, 7) is 6.63. The van der Waals surface area contributed by atoms with E-state index >= 15 is 0 Å². The molecule has 0 aliphatic heterocycles. The number of nitrogens with zero attached hydrogens (tertiary/aromatic N) is 2. The van der Waals surface area contributed by atoms with Gasteiger partial charge in [0.25, 0.3) is 0 Å². The molecule has 3 heteroatoms. The molecule has 0 aromatic carbocycles. The zero-order valence-electron chi connectivity index (χ0n) is 10.4. The number of imidazole rings is 1. The third kappa shape index (κ3) is 2.85. The van der Waals surface area contributed by atoms with E-state index in [9.17, 15) is 0 Å². The zero-order valence-corrected chi connectivity index (χ0v) is 10.4. The standard InChI is InChI=1S/C13H23N3/c1-3-11(4-2)7-14-8-13-9-15-10-16(13)12-5-6-12/h9-12,14H,3-8H2,1-2H3. The van der Waals surface area contributed by atoms with Crippen molar-refractivity contribution in [2.45, 2.75) is 52.1 Å². The highest BCUT2D eigenvalue weighted by Crippen LogP contribution is 2.35. The molecule has 1 aliphatic rings. The van der Waals surface area contributed by atoms with E-state index in [1.165, 1.54) is 31.4 Å². The Labute approximate surface area is 98.3 Å². The van der Waals surface area contributed by atoms with Crippen molar-refractivity contribution in [2.24, 2.45) is 5.92 Å². The summed E-state index contributed by atoms with van der Waals surface area (Å²) in [4.78, 5) is 4.24. The molecule has 1 aromatic rings. The molecule has 0 saturated heterocycles. The Morgan fingerprint density at radius 2 is 2.19 bits per heavy atom. The van der Waals surface area contributed by atoms with E-state index in [0.29, 0.717) is 0 Å². The first-order valence-electron chi connectivity index (χ1n) is 6.56. The maximum atomic E-state index is 4.24. The average Bonchev–Trinajstić information content (AvgIpc) is 3.05. The van der Waals surface area contributed by atoms with Crippen LogP contribution in [0.25, 0.3) is 0 Å². The Hall–Kier alpha value is -0.830. The second-order valence-electron chi connectivity index (χ2n) is 4.84. The van der Waals surface area contributed by atoms with E-state index in [-0.39, 0.29) is 0 Å². The van der Waals surface area contributed by atoms with Gasteiger partial charge in [0.05, 0.1) is 12.0 Å². The van der Waals surface area contributed by atoms with E-state index in [4.69, 9.17) is 0 Å². The summed E-state index contributed by atoms with van der Waals surface area (Å²) >= 11 is 0.